The van der Waals surface area contributed by atoms with Crippen LogP contribution in [0.15, 0.2) is 0 Å². The second-order valence-electron chi connectivity index (χ2n) is 10.2. The van der Waals surface area contributed by atoms with E-state index >= 15 is 0 Å². The van der Waals surface area contributed by atoms with Gasteiger partial charge in [-0.05, 0) is 12.8 Å². The first kappa shape index (κ1) is 32.4. The SMILES string of the molecule is CCCCCCCCCCCCCC[C@@H](O)[C@H](CO)NC(=O)CCCCCCCCCCC. The van der Waals surface area contributed by atoms with Crippen LogP contribution in [0.3, 0.4) is 0 Å². The Hall–Kier alpha value is -0.610. The zero-order valence-electron chi connectivity index (χ0n) is 22.4. The summed E-state index contributed by atoms with van der Waals surface area (Å²) in [5, 5.41) is 22.8. The number of rotatable bonds is 26. The normalized spacial score (nSPS) is 13.2. The van der Waals surface area contributed by atoms with Gasteiger partial charge in [0, 0.05) is 6.42 Å². The summed E-state index contributed by atoms with van der Waals surface area (Å²) in [6.45, 7) is 4.31. The maximum atomic E-state index is 12.2. The van der Waals surface area contributed by atoms with E-state index in [-0.39, 0.29) is 12.5 Å². The minimum absolute atomic E-state index is 0.0364. The lowest BCUT2D eigenvalue weighted by molar-refractivity contribution is -0.123. The topological polar surface area (TPSA) is 69.6 Å². The van der Waals surface area contributed by atoms with Crippen molar-refractivity contribution < 1.29 is 15.0 Å². The summed E-state index contributed by atoms with van der Waals surface area (Å²) >= 11 is 0. The van der Waals surface area contributed by atoms with Crippen LogP contribution in [0.1, 0.15) is 162 Å². The van der Waals surface area contributed by atoms with Crippen molar-refractivity contribution in [2.24, 2.45) is 0 Å². The summed E-state index contributed by atoms with van der Waals surface area (Å²) in [5.74, 6) is -0.0364. The molecule has 0 rings (SSSR count). The molecule has 0 aliphatic rings. The first-order chi connectivity index (χ1) is 16.2. The lowest BCUT2D eigenvalue weighted by atomic mass is 10.0. The van der Waals surface area contributed by atoms with E-state index in [1.807, 2.05) is 0 Å². The molecule has 3 N–H and O–H groups in total. The first-order valence-corrected chi connectivity index (χ1v) is 14.7. The molecule has 0 aliphatic heterocycles. The van der Waals surface area contributed by atoms with Crippen molar-refractivity contribution in [3.05, 3.63) is 0 Å². The number of unbranched alkanes of at least 4 members (excludes halogenated alkanes) is 19. The molecule has 0 aromatic rings. The van der Waals surface area contributed by atoms with Crippen LogP contribution in [0.4, 0.5) is 0 Å². The number of nitrogens with one attached hydrogen (secondary N) is 1. The third-order valence-electron chi connectivity index (χ3n) is 6.87. The molecule has 33 heavy (non-hydrogen) atoms. The Morgan fingerprint density at radius 1 is 0.606 bits per heavy atom. The molecule has 198 valence electrons. The highest BCUT2D eigenvalue weighted by Crippen LogP contribution is 2.14. The lowest BCUT2D eigenvalue weighted by Crippen LogP contribution is -2.45. The van der Waals surface area contributed by atoms with Crippen LogP contribution in [0.2, 0.25) is 0 Å². The Bertz CT molecular complexity index is 402. The molecular weight excluding hydrogens is 410 g/mol. The molecule has 2 atom stereocenters. The van der Waals surface area contributed by atoms with Crippen LogP contribution in [0.5, 0.6) is 0 Å². The molecular formula is C29H59NO3. The van der Waals surface area contributed by atoms with Gasteiger partial charge in [0.1, 0.15) is 0 Å². The molecule has 0 bridgehead atoms. The van der Waals surface area contributed by atoms with Gasteiger partial charge in [0.25, 0.3) is 0 Å². The van der Waals surface area contributed by atoms with Crippen molar-refractivity contribution in [3.63, 3.8) is 0 Å². The molecule has 0 fully saturated rings. The molecule has 4 nitrogen and oxygen atoms in total. The monoisotopic (exact) mass is 469 g/mol. The maximum absolute atomic E-state index is 12.2. The second-order valence-corrected chi connectivity index (χ2v) is 10.2. The Morgan fingerprint density at radius 2 is 0.970 bits per heavy atom. The zero-order chi connectivity index (χ0) is 24.4. The van der Waals surface area contributed by atoms with Gasteiger partial charge in [-0.1, -0.05) is 142 Å². The van der Waals surface area contributed by atoms with Crippen LogP contribution in [0, 0.1) is 0 Å². The van der Waals surface area contributed by atoms with E-state index in [9.17, 15) is 15.0 Å². The highest BCUT2D eigenvalue weighted by atomic mass is 16.3. The summed E-state index contributed by atoms with van der Waals surface area (Å²) in [6, 6.07) is -0.524. The van der Waals surface area contributed by atoms with Crippen molar-refractivity contribution in [3.8, 4) is 0 Å². The summed E-state index contributed by atoms with van der Waals surface area (Å²) in [7, 11) is 0. The van der Waals surface area contributed by atoms with Crippen molar-refractivity contribution in [2.75, 3.05) is 6.61 Å². The van der Waals surface area contributed by atoms with Crippen LogP contribution in [0.25, 0.3) is 0 Å². The fourth-order valence-corrected chi connectivity index (χ4v) is 4.53. The molecule has 1 amide bonds. The fourth-order valence-electron chi connectivity index (χ4n) is 4.53. The van der Waals surface area contributed by atoms with Gasteiger partial charge >= 0.3 is 0 Å². The van der Waals surface area contributed by atoms with Gasteiger partial charge in [-0.15, -0.1) is 0 Å². The molecule has 0 aromatic heterocycles. The largest absolute Gasteiger partial charge is 0.394 e. The van der Waals surface area contributed by atoms with Crippen molar-refractivity contribution in [1.82, 2.24) is 5.32 Å². The van der Waals surface area contributed by atoms with E-state index in [0.29, 0.717) is 12.8 Å². The standard InChI is InChI=1S/C29H59NO3/c1-3-5-7-9-11-13-14-15-17-18-20-22-24-28(32)27(26-31)30-29(33)25-23-21-19-16-12-10-8-6-4-2/h27-28,31-32H,3-26H2,1-2H3,(H,30,33)/t27-,28+/m0/s1. The molecule has 0 heterocycles. The Kier molecular flexibility index (Phi) is 25.5. The van der Waals surface area contributed by atoms with Crippen LogP contribution < -0.4 is 5.32 Å². The Labute approximate surface area is 206 Å². The predicted molar refractivity (Wildman–Crippen MR) is 143 cm³/mol. The Balaban J connectivity index is 3.60. The van der Waals surface area contributed by atoms with E-state index in [2.05, 4.69) is 19.2 Å². The summed E-state index contributed by atoms with van der Waals surface area (Å²) in [4.78, 5) is 12.2. The summed E-state index contributed by atoms with van der Waals surface area (Å²) in [5.41, 5.74) is 0. The number of hydrogen-bond donors (Lipinski definition) is 3. The van der Waals surface area contributed by atoms with Crippen LogP contribution in [-0.2, 0) is 4.79 Å². The van der Waals surface area contributed by atoms with Crippen molar-refractivity contribution >= 4 is 5.91 Å². The number of hydrogen-bond acceptors (Lipinski definition) is 3. The van der Waals surface area contributed by atoms with Gasteiger partial charge in [0.05, 0.1) is 18.8 Å². The van der Waals surface area contributed by atoms with E-state index in [0.717, 1.165) is 25.7 Å². The van der Waals surface area contributed by atoms with Crippen molar-refractivity contribution in [1.29, 1.82) is 0 Å². The van der Waals surface area contributed by atoms with Gasteiger partial charge in [0.2, 0.25) is 5.91 Å². The summed E-state index contributed by atoms with van der Waals surface area (Å²) < 4.78 is 0. The maximum Gasteiger partial charge on any atom is 0.220 e. The van der Waals surface area contributed by atoms with Gasteiger partial charge in [0.15, 0.2) is 0 Å². The third-order valence-corrected chi connectivity index (χ3v) is 6.87. The van der Waals surface area contributed by atoms with Gasteiger partial charge in [-0.25, -0.2) is 0 Å². The van der Waals surface area contributed by atoms with Crippen molar-refractivity contribution in [2.45, 2.75) is 174 Å². The number of aliphatic hydroxyl groups is 2. The average Bonchev–Trinajstić information content (AvgIpc) is 2.82. The minimum atomic E-state index is -0.648. The van der Waals surface area contributed by atoms with E-state index in [4.69, 9.17) is 0 Å². The number of carbonyl (C=O) groups excluding carboxylic acids is 1. The molecule has 4 heteroatoms. The molecule has 0 saturated carbocycles. The molecule has 0 spiro atoms. The summed E-state index contributed by atoms with van der Waals surface area (Å²) in [6.07, 6.45) is 27.1. The predicted octanol–water partition coefficient (Wildman–Crippen LogP) is 7.84. The number of aliphatic hydroxyl groups excluding tert-OH is 2. The quantitative estimate of drug-likeness (QED) is 0.113. The molecule has 0 aliphatic carbocycles. The lowest BCUT2D eigenvalue weighted by Gasteiger charge is -2.22. The first-order valence-electron chi connectivity index (χ1n) is 14.7. The van der Waals surface area contributed by atoms with E-state index in [1.165, 1.54) is 109 Å². The van der Waals surface area contributed by atoms with Crippen LogP contribution in [-0.4, -0.2) is 34.9 Å². The molecule has 0 radical (unpaired) electrons. The fraction of sp³-hybridized carbons (Fsp3) is 0.966. The molecule has 0 aromatic carbocycles. The highest BCUT2D eigenvalue weighted by Gasteiger charge is 2.19. The van der Waals surface area contributed by atoms with Gasteiger partial charge in [-0.2, -0.15) is 0 Å². The second kappa shape index (κ2) is 26.0. The van der Waals surface area contributed by atoms with Gasteiger partial charge in [-0.3, -0.25) is 4.79 Å². The Morgan fingerprint density at radius 3 is 1.36 bits per heavy atom. The highest BCUT2D eigenvalue weighted by molar-refractivity contribution is 5.76. The zero-order valence-corrected chi connectivity index (χ0v) is 22.4. The average molecular weight is 470 g/mol. The van der Waals surface area contributed by atoms with Gasteiger partial charge < -0.3 is 15.5 Å². The third kappa shape index (κ3) is 22.9. The number of amides is 1. The van der Waals surface area contributed by atoms with Crippen LogP contribution >= 0.6 is 0 Å². The number of carbonyl (C=O) groups is 1. The minimum Gasteiger partial charge on any atom is -0.394 e. The van der Waals surface area contributed by atoms with E-state index < -0.39 is 12.1 Å². The molecule has 0 unspecified atom stereocenters. The smallest absolute Gasteiger partial charge is 0.220 e. The molecule has 0 saturated heterocycles. The van der Waals surface area contributed by atoms with E-state index in [1.54, 1.807) is 0 Å².